The Labute approximate surface area is 125 Å². The van der Waals surface area contributed by atoms with E-state index in [2.05, 4.69) is 33.4 Å². The topological polar surface area (TPSA) is 64.9 Å². The third-order valence-electron chi connectivity index (χ3n) is 4.51. The van der Waals surface area contributed by atoms with E-state index in [0.29, 0.717) is 12.0 Å². The molecule has 1 fully saturated rings. The molecule has 2 aromatic heterocycles. The smallest absolute Gasteiger partial charge is 0.202 e. The Morgan fingerprint density at radius 1 is 1.24 bits per heavy atom. The summed E-state index contributed by atoms with van der Waals surface area (Å²) >= 11 is 0. The molecular formula is C15H26N6. The van der Waals surface area contributed by atoms with Gasteiger partial charge in [-0.25, -0.2) is 4.98 Å². The second-order valence-electron chi connectivity index (χ2n) is 6.15. The number of nitrogens with two attached hydrogens (primary N) is 1. The van der Waals surface area contributed by atoms with Crippen LogP contribution in [0.4, 0.5) is 5.95 Å². The Hall–Kier alpha value is -1.56. The highest BCUT2D eigenvalue weighted by Gasteiger charge is 2.22. The Morgan fingerprint density at radius 3 is 2.62 bits per heavy atom. The summed E-state index contributed by atoms with van der Waals surface area (Å²) in [6.07, 6.45) is 4.87. The zero-order valence-electron chi connectivity index (χ0n) is 13.3. The van der Waals surface area contributed by atoms with Crippen LogP contribution >= 0.6 is 0 Å². The number of imidazole rings is 1. The van der Waals surface area contributed by atoms with Crippen molar-refractivity contribution in [2.75, 3.05) is 25.4 Å². The van der Waals surface area contributed by atoms with Gasteiger partial charge in [-0.2, -0.15) is 5.10 Å². The highest BCUT2D eigenvalue weighted by Crippen LogP contribution is 2.26. The van der Waals surface area contributed by atoms with E-state index in [4.69, 9.17) is 5.73 Å². The number of hydrogen-bond donors (Lipinski definition) is 1. The van der Waals surface area contributed by atoms with Crippen molar-refractivity contribution in [1.82, 2.24) is 24.2 Å². The van der Waals surface area contributed by atoms with Crippen LogP contribution in [0.15, 0.2) is 0 Å². The maximum absolute atomic E-state index is 6.19. The van der Waals surface area contributed by atoms with Crippen LogP contribution in [0.2, 0.25) is 0 Å². The molecule has 0 aliphatic carbocycles. The SMILES string of the molecule is CCc1nn(C)c2c1nc(N)n2C(C)CN1CCCCC1. The Kier molecular flexibility index (Phi) is 3.89. The Bertz CT molecular complexity index is 620. The monoisotopic (exact) mass is 290 g/mol. The molecule has 116 valence electrons. The minimum Gasteiger partial charge on any atom is -0.369 e. The number of likely N-dealkylation sites (tertiary alicyclic amines) is 1. The largest absolute Gasteiger partial charge is 0.369 e. The van der Waals surface area contributed by atoms with E-state index in [1.54, 1.807) is 0 Å². The molecule has 1 aliphatic heterocycles. The normalized spacial score (nSPS) is 18.4. The molecule has 6 nitrogen and oxygen atoms in total. The molecule has 1 aliphatic rings. The zero-order chi connectivity index (χ0) is 15.0. The summed E-state index contributed by atoms with van der Waals surface area (Å²) < 4.78 is 4.07. The summed E-state index contributed by atoms with van der Waals surface area (Å²) in [4.78, 5) is 7.10. The summed E-state index contributed by atoms with van der Waals surface area (Å²) in [6.45, 7) is 7.77. The van der Waals surface area contributed by atoms with Crippen molar-refractivity contribution in [2.24, 2.45) is 7.05 Å². The van der Waals surface area contributed by atoms with Gasteiger partial charge in [0, 0.05) is 19.6 Å². The average molecular weight is 290 g/mol. The van der Waals surface area contributed by atoms with E-state index in [-0.39, 0.29) is 0 Å². The van der Waals surface area contributed by atoms with E-state index in [0.717, 1.165) is 29.8 Å². The van der Waals surface area contributed by atoms with E-state index in [9.17, 15) is 0 Å². The molecule has 0 radical (unpaired) electrons. The van der Waals surface area contributed by atoms with Crippen molar-refractivity contribution >= 4 is 17.1 Å². The van der Waals surface area contributed by atoms with Gasteiger partial charge in [-0.05, 0) is 39.3 Å². The van der Waals surface area contributed by atoms with E-state index in [1.165, 1.54) is 32.4 Å². The molecule has 1 atom stereocenters. The summed E-state index contributed by atoms with van der Waals surface area (Å²) in [6, 6.07) is 0.313. The van der Waals surface area contributed by atoms with Gasteiger partial charge in [-0.3, -0.25) is 9.25 Å². The number of aryl methyl sites for hydroxylation is 2. The molecule has 3 rings (SSSR count). The molecule has 2 aromatic rings. The number of fused-ring (bicyclic) bond motifs is 1. The summed E-state index contributed by atoms with van der Waals surface area (Å²) in [5, 5.41) is 4.56. The predicted octanol–water partition coefficient (Wildman–Crippen LogP) is 1.96. The number of nitrogens with zero attached hydrogens (tertiary/aromatic N) is 5. The van der Waals surface area contributed by atoms with Gasteiger partial charge >= 0.3 is 0 Å². The fraction of sp³-hybridized carbons (Fsp3) is 0.733. The Morgan fingerprint density at radius 2 is 1.95 bits per heavy atom. The first-order valence-electron chi connectivity index (χ1n) is 8.03. The molecule has 3 heterocycles. The molecule has 1 saturated heterocycles. The number of nitrogen functional groups attached to an aromatic ring is 1. The molecule has 0 amide bonds. The first kappa shape index (κ1) is 14.4. The van der Waals surface area contributed by atoms with Crippen molar-refractivity contribution in [3.05, 3.63) is 5.69 Å². The minimum absolute atomic E-state index is 0.313. The summed E-state index contributed by atoms with van der Waals surface area (Å²) in [5.74, 6) is 0.609. The highest BCUT2D eigenvalue weighted by molar-refractivity contribution is 5.78. The Balaban J connectivity index is 1.91. The second kappa shape index (κ2) is 5.67. The molecular weight excluding hydrogens is 264 g/mol. The van der Waals surface area contributed by atoms with Crippen LogP contribution in [0.25, 0.3) is 11.2 Å². The molecule has 0 spiro atoms. The van der Waals surface area contributed by atoms with Crippen LogP contribution in [-0.2, 0) is 13.5 Å². The van der Waals surface area contributed by atoms with Crippen molar-refractivity contribution in [3.8, 4) is 0 Å². The second-order valence-corrected chi connectivity index (χ2v) is 6.15. The van der Waals surface area contributed by atoms with Crippen molar-refractivity contribution < 1.29 is 0 Å². The standard InChI is InChI=1S/C15H26N6/c1-4-12-13-14(19(3)18-12)21(15(16)17-13)11(2)10-20-8-6-5-7-9-20/h11H,4-10H2,1-3H3,(H2,16,17). The summed E-state index contributed by atoms with van der Waals surface area (Å²) in [5.41, 5.74) is 9.23. The number of hydrogen-bond acceptors (Lipinski definition) is 4. The van der Waals surface area contributed by atoms with Gasteiger partial charge in [0.2, 0.25) is 5.95 Å². The lowest BCUT2D eigenvalue weighted by Gasteiger charge is -2.29. The molecule has 6 heteroatoms. The fourth-order valence-corrected chi connectivity index (χ4v) is 3.49. The number of rotatable bonds is 4. The fourth-order valence-electron chi connectivity index (χ4n) is 3.49. The average Bonchev–Trinajstić information content (AvgIpc) is 2.96. The quantitative estimate of drug-likeness (QED) is 0.935. The van der Waals surface area contributed by atoms with Crippen molar-refractivity contribution in [3.63, 3.8) is 0 Å². The van der Waals surface area contributed by atoms with Crippen LogP contribution in [0.3, 0.4) is 0 Å². The van der Waals surface area contributed by atoms with Gasteiger partial charge in [0.15, 0.2) is 5.65 Å². The first-order valence-corrected chi connectivity index (χ1v) is 8.03. The number of aromatic nitrogens is 4. The predicted molar refractivity (Wildman–Crippen MR) is 85.3 cm³/mol. The highest BCUT2D eigenvalue weighted by atomic mass is 15.4. The van der Waals surface area contributed by atoms with Crippen molar-refractivity contribution in [2.45, 2.75) is 45.6 Å². The molecule has 0 saturated carbocycles. The van der Waals surface area contributed by atoms with Crippen molar-refractivity contribution in [1.29, 1.82) is 0 Å². The third kappa shape index (κ3) is 2.52. The van der Waals surface area contributed by atoms with Crippen LogP contribution in [0.5, 0.6) is 0 Å². The van der Waals surface area contributed by atoms with E-state index in [1.807, 2.05) is 11.7 Å². The lowest BCUT2D eigenvalue weighted by Crippen LogP contribution is -2.34. The van der Waals surface area contributed by atoms with Crippen LogP contribution in [0.1, 0.15) is 44.8 Å². The van der Waals surface area contributed by atoms with E-state index < -0.39 is 0 Å². The molecule has 1 unspecified atom stereocenters. The van der Waals surface area contributed by atoms with Gasteiger partial charge in [0.05, 0.1) is 5.69 Å². The molecule has 21 heavy (non-hydrogen) atoms. The maximum atomic E-state index is 6.19. The van der Waals surface area contributed by atoms with Gasteiger partial charge in [-0.15, -0.1) is 0 Å². The van der Waals surface area contributed by atoms with Gasteiger partial charge < -0.3 is 10.6 Å². The minimum atomic E-state index is 0.313. The maximum Gasteiger partial charge on any atom is 0.202 e. The molecule has 0 bridgehead atoms. The lowest BCUT2D eigenvalue weighted by molar-refractivity contribution is 0.203. The lowest BCUT2D eigenvalue weighted by atomic mass is 10.1. The zero-order valence-corrected chi connectivity index (χ0v) is 13.3. The number of anilines is 1. The van der Waals surface area contributed by atoms with Crippen LogP contribution < -0.4 is 5.73 Å². The van der Waals surface area contributed by atoms with Gasteiger partial charge in [-0.1, -0.05) is 13.3 Å². The molecule has 2 N–H and O–H groups in total. The van der Waals surface area contributed by atoms with Crippen LogP contribution in [-0.4, -0.2) is 43.9 Å². The first-order chi connectivity index (χ1) is 10.1. The van der Waals surface area contributed by atoms with Crippen LogP contribution in [0, 0.1) is 0 Å². The summed E-state index contributed by atoms with van der Waals surface area (Å²) in [7, 11) is 1.98. The third-order valence-corrected chi connectivity index (χ3v) is 4.51. The van der Waals surface area contributed by atoms with E-state index >= 15 is 0 Å². The van der Waals surface area contributed by atoms with Gasteiger partial charge in [0.25, 0.3) is 0 Å². The molecule has 0 aromatic carbocycles. The number of piperidine rings is 1. The van der Waals surface area contributed by atoms with Gasteiger partial charge in [0.1, 0.15) is 5.52 Å².